The first-order valence-corrected chi connectivity index (χ1v) is 6.62. The van der Waals surface area contributed by atoms with Crippen molar-refractivity contribution in [1.29, 1.82) is 0 Å². The number of pyridine rings is 1. The number of nitrogens with one attached hydrogen (secondary N) is 1. The predicted molar refractivity (Wildman–Crippen MR) is 81.9 cm³/mol. The zero-order valence-electron chi connectivity index (χ0n) is 12.0. The van der Waals surface area contributed by atoms with Crippen molar-refractivity contribution in [2.45, 2.75) is 26.7 Å². The molecule has 0 saturated carbocycles. The van der Waals surface area contributed by atoms with Gasteiger partial charge in [-0.05, 0) is 36.6 Å². The van der Waals surface area contributed by atoms with Crippen LogP contribution in [0.3, 0.4) is 0 Å². The minimum atomic E-state index is -0.171. The smallest absolute Gasteiger partial charge is 0.255 e. The van der Waals surface area contributed by atoms with Gasteiger partial charge >= 0.3 is 0 Å². The van der Waals surface area contributed by atoms with E-state index in [4.69, 9.17) is 5.73 Å². The third kappa shape index (κ3) is 3.15. The molecule has 4 nitrogen and oxygen atoms in total. The first kappa shape index (κ1) is 14.1. The molecule has 0 atom stereocenters. The zero-order chi connectivity index (χ0) is 14.7. The number of hydrogen-bond acceptors (Lipinski definition) is 3. The third-order valence-electron chi connectivity index (χ3n) is 3.07. The minimum absolute atomic E-state index is 0.171. The summed E-state index contributed by atoms with van der Waals surface area (Å²) in [7, 11) is 0. The van der Waals surface area contributed by atoms with Crippen molar-refractivity contribution in [2.24, 2.45) is 0 Å². The van der Waals surface area contributed by atoms with Crippen molar-refractivity contribution in [2.75, 3.05) is 11.1 Å². The van der Waals surface area contributed by atoms with E-state index in [2.05, 4.69) is 24.1 Å². The summed E-state index contributed by atoms with van der Waals surface area (Å²) in [4.78, 5) is 16.4. The fourth-order valence-corrected chi connectivity index (χ4v) is 2.13. The van der Waals surface area contributed by atoms with Crippen LogP contribution in [-0.4, -0.2) is 10.9 Å². The Morgan fingerprint density at radius 3 is 2.60 bits per heavy atom. The zero-order valence-corrected chi connectivity index (χ0v) is 12.0. The third-order valence-corrected chi connectivity index (χ3v) is 3.07. The van der Waals surface area contributed by atoms with E-state index in [-0.39, 0.29) is 5.91 Å². The van der Waals surface area contributed by atoms with E-state index < -0.39 is 0 Å². The molecule has 0 fully saturated rings. The maximum absolute atomic E-state index is 12.3. The van der Waals surface area contributed by atoms with E-state index in [0.29, 0.717) is 17.3 Å². The molecular weight excluding hydrogens is 250 g/mol. The van der Waals surface area contributed by atoms with Crippen LogP contribution in [0.15, 0.2) is 36.4 Å². The normalized spacial score (nSPS) is 10.6. The second-order valence-corrected chi connectivity index (χ2v) is 5.12. The standard InChI is InChI=1S/C16H19N3O/c1-10(2)13-6-4-5-7-14(13)19-16(20)12-8-11(3)18-15(17)9-12/h4-10H,1-3H3,(H2,17,18)(H,19,20). The fraction of sp³-hybridized carbons (Fsp3) is 0.250. The molecule has 1 aromatic carbocycles. The van der Waals surface area contributed by atoms with Gasteiger partial charge in [0, 0.05) is 16.9 Å². The van der Waals surface area contributed by atoms with Crippen LogP contribution in [0.25, 0.3) is 0 Å². The van der Waals surface area contributed by atoms with E-state index in [1.54, 1.807) is 12.1 Å². The second kappa shape index (κ2) is 5.74. The lowest BCUT2D eigenvalue weighted by Crippen LogP contribution is -2.14. The maximum atomic E-state index is 12.3. The molecule has 1 aromatic heterocycles. The number of hydrogen-bond donors (Lipinski definition) is 2. The summed E-state index contributed by atoms with van der Waals surface area (Å²) in [6, 6.07) is 11.1. The summed E-state index contributed by atoms with van der Waals surface area (Å²) in [5, 5.41) is 2.94. The fourth-order valence-electron chi connectivity index (χ4n) is 2.13. The molecule has 104 valence electrons. The average molecular weight is 269 g/mol. The van der Waals surface area contributed by atoms with E-state index in [0.717, 1.165) is 16.9 Å². The topological polar surface area (TPSA) is 68.0 Å². The number of nitrogens with two attached hydrogens (primary N) is 1. The average Bonchev–Trinajstić information content (AvgIpc) is 2.37. The van der Waals surface area contributed by atoms with Crippen molar-refractivity contribution in [1.82, 2.24) is 4.98 Å². The van der Waals surface area contributed by atoms with E-state index in [1.807, 2.05) is 31.2 Å². The number of aryl methyl sites for hydroxylation is 1. The van der Waals surface area contributed by atoms with Gasteiger partial charge in [0.25, 0.3) is 5.91 Å². The van der Waals surface area contributed by atoms with Gasteiger partial charge in [0.05, 0.1) is 0 Å². The molecule has 20 heavy (non-hydrogen) atoms. The van der Waals surface area contributed by atoms with E-state index >= 15 is 0 Å². The molecule has 0 aliphatic heterocycles. The molecule has 0 bridgehead atoms. The van der Waals surface area contributed by atoms with Gasteiger partial charge in [0.1, 0.15) is 5.82 Å². The summed E-state index contributed by atoms with van der Waals surface area (Å²) in [5.74, 6) is 0.526. The highest BCUT2D eigenvalue weighted by molar-refractivity contribution is 6.05. The number of nitrogens with zero attached hydrogens (tertiary/aromatic N) is 1. The highest BCUT2D eigenvalue weighted by Crippen LogP contribution is 2.24. The highest BCUT2D eigenvalue weighted by Gasteiger charge is 2.11. The lowest BCUT2D eigenvalue weighted by atomic mass is 10.0. The largest absolute Gasteiger partial charge is 0.384 e. The van der Waals surface area contributed by atoms with Crippen molar-refractivity contribution in [3.05, 3.63) is 53.2 Å². The number of carbonyl (C=O) groups excluding carboxylic acids is 1. The van der Waals surface area contributed by atoms with Gasteiger partial charge in [-0.15, -0.1) is 0 Å². The Balaban J connectivity index is 2.28. The van der Waals surface area contributed by atoms with Gasteiger partial charge in [0.15, 0.2) is 0 Å². The first-order valence-electron chi connectivity index (χ1n) is 6.62. The summed E-state index contributed by atoms with van der Waals surface area (Å²) >= 11 is 0. The maximum Gasteiger partial charge on any atom is 0.255 e. The van der Waals surface area contributed by atoms with Crippen molar-refractivity contribution in [3.8, 4) is 0 Å². The Labute approximate surface area is 119 Å². The van der Waals surface area contributed by atoms with Gasteiger partial charge in [-0.3, -0.25) is 4.79 Å². The monoisotopic (exact) mass is 269 g/mol. The Hall–Kier alpha value is -2.36. The molecule has 1 amide bonds. The molecule has 0 aliphatic rings. The van der Waals surface area contributed by atoms with Crippen LogP contribution in [0.1, 0.15) is 41.4 Å². The van der Waals surface area contributed by atoms with E-state index in [9.17, 15) is 4.79 Å². The Bertz CT molecular complexity index is 615. The number of rotatable bonds is 3. The lowest BCUT2D eigenvalue weighted by molar-refractivity contribution is 0.102. The molecule has 2 rings (SSSR count). The number of carbonyl (C=O) groups is 1. The molecule has 0 aliphatic carbocycles. The Kier molecular flexibility index (Phi) is 4.03. The van der Waals surface area contributed by atoms with Crippen LogP contribution in [0.2, 0.25) is 0 Å². The second-order valence-electron chi connectivity index (χ2n) is 5.12. The molecule has 0 unspecified atom stereocenters. The van der Waals surface area contributed by atoms with Crippen LogP contribution in [0.5, 0.6) is 0 Å². The molecule has 0 spiro atoms. The van der Waals surface area contributed by atoms with Crippen LogP contribution in [0.4, 0.5) is 11.5 Å². The summed E-state index contributed by atoms with van der Waals surface area (Å²) in [6.07, 6.45) is 0. The van der Waals surface area contributed by atoms with Gasteiger partial charge in [-0.25, -0.2) is 4.98 Å². The summed E-state index contributed by atoms with van der Waals surface area (Å²) in [6.45, 7) is 6.01. The van der Waals surface area contributed by atoms with Crippen LogP contribution in [0, 0.1) is 6.92 Å². The summed E-state index contributed by atoms with van der Waals surface area (Å²) in [5.41, 5.74) is 8.87. The van der Waals surface area contributed by atoms with Crippen LogP contribution in [-0.2, 0) is 0 Å². The summed E-state index contributed by atoms with van der Waals surface area (Å²) < 4.78 is 0. The molecule has 0 saturated heterocycles. The minimum Gasteiger partial charge on any atom is -0.384 e. The molecule has 2 aromatic rings. The number of anilines is 2. The van der Waals surface area contributed by atoms with Crippen LogP contribution < -0.4 is 11.1 Å². The lowest BCUT2D eigenvalue weighted by Gasteiger charge is -2.13. The Morgan fingerprint density at radius 1 is 1.25 bits per heavy atom. The molecule has 0 radical (unpaired) electrons. The SMILES string of the molecule is Cc1cc(C(=O)Nc2ccccc2C(C)C)cc(N)n1. The van der Waals surface area contributed by atoms with Crippen molar-refractivity contribution < 1.29 is 4.79 Å². The molecule has 3 N–H and O–H groups in total. The van der Waals surface area contributed by atoms with Crippen molar-refractivity contribution >= 4 is 17.4 Å². The molecule has 4 heteroatoms. The van der Waals surface area contributed by atoms with Crippen LogP contribution >= 0.6 is 0 Å². The number of aromatic nitrogens is 1. The van der Waals surface area contributed by atoms with Crippen molar-refractivity contribution in [3.63, 3.8) is 0 Å². The predicted octanol–water partition coefficient (Wildman–Crippen LogP) is 3.35. The Morgan fingerprint density at radius 2 is 1.95 bits per heavy atom. The first-order chi connectivity index (χ1) is 9.47. The van der Waals surface area contributed by atoms with Gasteiger partial charge in [-0.1, -0.05) is 32.0 Å². The number of para-hydroxylation sites is 1. The van der Waals surface area contributed by atoms with Gasteiger partial charge in [0.2, 0.25) is 0 Å². The molecular formula is C16H19N3O. The quantitative estimate of drug-likeness (QED) is 0.897. The van der Waals surface area contributed by atoms with Gasteiger partial charge < -0.3 is 11.1 Å². The number of benzene rings is 1. The number of amides is 1. The van der Waals surface area contributed by atoms with Gasteiger partial charge in [-0.2, -0.15) is 0 Å². The molecule has 1 heterocycles. The van der Waals surface area contributed by atoms with E-state index in [1.165, 1.54) is 0 Å². The number of nitrogen functional groups attached to an aromatic ring is 1. The highest BCUT2D eigenvalue weighted by atomic mass is 16.1.